The molecule has 4 aliphatic rings. The van der Waals surface area contributed by atoms with E-state index in [4.69, 9.17) is 28.9 Å². The van der Waals surface area contributed by atoms with Crippen LogP contribution in [0.15, 0.2) is 9.79 Å². The Balaban J connectivity index is 1.27. The second-order valence-corrected chi connectivity index (χ2v) is 12.9. The smallest absolute Gasteiger partial charge is 0.410 e. The van der Waals surface area contributed by atoms with Crippen molar-refractivity contribution in [1.29, 1.82) is 0 Å². The number of anilines is 1. The molecule has 41 heavy (non-hydrogen) atoms. The number of carbonyl (C=O) groups excluding carboxylic acids is 2. The molecule has 0 spiro atoms. The number of aliphatic imine (C=N–C) groups is 1. The molecule has 0 bridgehead atoms. The average Bonchev–Trinajstić information content (AvgIpc) is 3.59. The van der Waals surface area contributed by atoms with Crippen LogP contribution in [0.3, 0.4) is 0 Å². The number of nitrogens with zero attached hydrogens (tertiary/aromatic N) is 3. The van der Waals surface area contributed by atoms with Crippen molar-refractivity contribution in [3.8, 4) is 0 Å². The molecule has 5 N–H and O–H groups in total. The molecule has 1 aromatic rings. The zero-order valence-electron chi connectivity index (χ0n) is 23.3. The maximum atomic E-state index is 12.9. The lowest BCUT2D eigenvalue weighted by atomic mass is 10.1. The third kappa shape index (κ3) is 5.92. The lowest BCUT2D eigenvalue weighted by Gasteiger charge is -2.28. The highest BCUT2D eigenvalue weighted by Crippen LogP contribution is 2.44. The van der Waals surface area contributed by atoms with Gasteiger partial charge >= 0.3 is 22.1 Å². The van der Waals surface area contributed by atoms with Crippen molar-refractivity contribution in [2.24, 2.45) is 10.7 Å². The van der Waals surface area contributed by atoms with Gasteiger partial charge < -0.3 is 35.0 Å². The molecule has 0 saturated carbocycles. The number of H-pyrrole nitrogens is 1. The largest absolute Gasteiger partial charge is 0.444 e. The number of ether oxygens (including phenoxy) is 4. The van der Waals surface area contributed by atoms with Gasteiger partial charge in [-0.15, -0.1) is 0 Å². The normalized spacial score (nSPS) is 29.0. The quantitative estimate of drug-likeness (QED) is 0.323. The van der Waals surface area contributed by atoms with Crippen LogP contribution in [-0.2, 0) is 38.2 Å². The number of amidine groups is 1. The Hall–Kier alpha value is -3.19. The van der Waals surface area contributed by atoms with Crippen molar-refractivity contribution in [2.75, 3.05) is 25.1 Å². The van der Waals surface area contributed by atoms with E-state index in [1.807, 2.05) is 4.72 Å². The summed E-state index contributed by atoms with van der Waals surface area (Å²) in [6.07, 6.45) is -3.61. The molecule has 3 fully saturated rings. The molecular weight excluding hydrogens is 566 g/mol. The maximum Gasteiger partial charge on any atom is 0.410 e. The first-order valence-electron chi connectivity index (χ1n) is 13.2. The van der Waals surface area contributed by atoms with E-state index in [2.05, 4.69) is 15.3 Å². The Morgan fingerprint density at radius 1 is 1.24 bits per heavy atom. The molecule has 0 radical (unpaired) electrons. The van der Waals surface area contributed by atoms with Crippen molar-refractivity contribution in [3.05, 3.63) is 16.2 Å². The maximum absolute atomic E-state index is 12.9. The monoisotopic (exact) mass is 601 g/mol. The van der Waals surface area contributed by atoms with Gasteiger partial charge in [0.15, 0.2) is 12.0 Å². The number of nitrogens with one attached hydrogen (secondary N) is 3. The Kier molecular flexibility index (Phi) is 7.34. The van der Waals surface area contributed by atoms with E-state index in [9.17, 15) is 22.8 Å². The summed E-state index contributed by atoms with van der Waals surface area (Å²) in [5, 5.41) is 2.98. The number of hydrogen-bond acceptors (Lipinski definition) is 13. The summed E-state index contributed by atoms with van der Waals surface area (Å²) < 4.78 is 57.1. The van der Waals surface area contributed by atoms with Crippen LogP contribution in [0.4, 0.5) is 10.6 Å². The number of likely N-dealkylation sites (tertiary alicyclic amines) is 1. The number of fused-ring (bicyclic) bond motifs is 2. The minimum atomic E-state index is -4.62. The first-order chi connectivity index (χ1) is 19.1. The van der Waals surface area contributed by atoms with Crippen molar-refractivity contribution in [3.63, 3.8) is 0 Å². The molecule has 4 aliphatic heterocycles. The third-order valence-electron chi connectivity index (χ3n) is 6.86. The predicted octanol–water partition coefficient (Wildman–Crippen LogP) is -0.541. The van der Waals surface area contributed by atoms with Crippen molar-refractivity contribution in [2.45, 2.75) is 89.4 Å². The molecule has 228 valence electrons. The van der Waals surface area contributed by atoms with Crippen LogP contribution in [0.25, 0.3) is 0 Å². The molecule has 2 amide bonds. The van der Waals surface area contributed by atoms with E-state index in [-0.39, 0.29) is 31.2 Å². The van der Waals surface area contributed by atoms with Gasteiger partial charge in [0.05, 0.1) is 6.61 Å². The van der Waals surface area contributed by atoms with Crippen LogP contribution < -0.4 is 21.5 Å². The van der Waals surface area contributed by atoms with Gasteiger partial charge in [-0.1, -0.05) is 0 Å². The number of rotatable bonds is 6. The minimum Gasteiger partial charge on any atom is -0.444 e. The van der Waals surface area contributed by atoms with Crippen LogP contribution >= 0.6 is 0 Å². The van der Waals surface area contributed by atoms with Gasteiger partial charge in [0.25, 0.3) is 5.91 Å². The Morgan fingerprint density at radius 3 is 2.66 bits per heavy atom. The molecule has 3 saturated heterocycles. The van der Waals surface area contributed by atoms with E-state index in [1.54, 1.807) is 34.6 Å². The zero-order valence-corrected chi connectivity index (χ0v) is 24.1. The van der Waals surface area contributed by atoms with Crippen molar-refractivity contribution in [1.82, 2.24) is 19.2 Å². The van der Waals surface area contributed by atoms with Crippen molar-refractivity contribution < 1.29 is 41.1 Å². The number of nitrogens with two attached hydrogens (primary N) is 1. The number of aromatic nitrogens is 2. The van der Waals surface area contributed by atoms with E-state index < -0.39 is 76.6 Å². The van der Waals surface area contributed by atoms with Crippen molar-refractivity contribution >= 4 is 34.0 Å². The molecule has 0 unspecified atom stereocenters. The lowest BCUT2D eigenvalue weighted by molar-refractivity contribution is -0.199. The highest BCUT2D eigenvalue weighted by Gasteiger charge is 2.57. The number of carbonyl (C=O) groups is 2. The molecular formula is C23H35N7O10S. The summed E-state index contributed by atoms with van der Waals surface area (Å²) in [5.74, 6) is -1.51. The predicted molar refractivity (Wildman–Crippen MR) is 141 cm³/mol. The van der Waals surface area contributed by atoms with Gasteiger partial charge in [0, 0.05) is 6.54 Å². The van der Waals surface area contributed by atoms with E-state index in [1.165, 1.54) is 9.47 Å². The highest BCUT2D eigenvalue weighted by atomic mass is 32.2. The van der Waals surface area contributed by atoms with Gasteiger partial charge in [-0.3, -0.25) is 13.9 Å². The summed E-state index contributed by atoms with van der Waals surface area (Å²) in [4.78, 5) is 46.1. The van der Waals surface area contributed by atoms with Crippen LogP contribution in [-0.4, -0.2) is 96.3 Å². The summed E-state index contributed by atoms with van der Waals surface area (Å²) in [6.45, 7) is 8.24. The first-order valence-corrected chi connectivity index (χ1v) is 14.6. The van der Waals surface area contributed by atoms with Gasteiger partial charge in [-0.05, 0) is 47.5 Å². The van der Waals surface area contributed by atoms with E-state index in [0.717, 1.165) is 0 Å². The summed E-state index contributed by atoms with van der Waals surface area (Å²) in [7, 11) is -4.62. The molecule has 5 heterocycles. The molecule has 0 aliphatic carbocycles. The van der Waals surface area contributed by atoms with Crippen LogP contribution in [0, 0.1) is 0 Å². The number of hydrogen-bond donors (Lipinski definition) is 4. The van der Waals surface area contributed by atoms with Gasteiger partial charge in [-0.2, -0.15) is 8.42 Å². The molecule has 1 aromatic heterocycles. The summed E-state index contributed by atoms with van der Waals surface area (Å²) in [6, 6.07) is -1.04. The van der Waals surface area contributed by atoms with E-state index in [0.29, 0.717) is 12.2 Å². The topological polar surface area (TPSA) is 218 Å². The highest BCUT2D eigenvalue weighted by molar-refractivity contribution is 7.85. The number of imidazole rings is 1. The summed E-state index contributed by atoms with van der Waals surface area (Å²) in [5.41, 5.74) is 4.87. The summed E-state index contributed by atoms with van der Waals surface area (Å²) >= 11 is 0. The standard InChI is InChI=1S/C23H35N7O10S/c1-22(2,3)40-21(33)29-8-6-7-11(29)18(31)28-41(34,35)36-9-12-14-15(39-23(4,5)38-14)19(37-12)30-17-13(27-20(30)32)16(24)25-10-26-17/h11-12,14-15,19,26H,6-10H2,1-5H3,(H2,24,25)(H,27,32)(H,28,31)/t11-,12+,14+,15+,19-/m0/s1. The third-order valence-corrected chi connectivity index (χ3v) is 7.75. The molecule has 5 atom stereocenters. The zero-order chi connectivity index (χ0) is 29.9. The number of aromatic amines is 1. The first kappa shape index (κ1) is 29.3. The second-order valence-electron chi connectivity index (χ2n) is 11.6. The Bertz CT molecular complexity index is 1410. The van der Waals surface area contributed by atoms with Gasteiger partial charge in [0.2, 0.25) is 0 Å². The average molecular weight is 602 g/mol. The fourth-order valence-electron chi connectivity index (χ4n) is 5.29. The van der Waals surface area contributed by atoms with Gasteiger partial charge in [0.1, 0.15) is 54.0 Å². The SMILES string of the molecule is CC(C)(C)OC(=O)N1CCC[C@H]1C(=O)NS(=O)(=O)OC[C@H]1O[C@H](n2c3c([nH]c2=O)C(N)=NCN3)[C@@H]2OC(C)(C)O[C@@H]21. The minimum absolute atomic E-state index is 0.136. The molecule has 0 aromatic carbocycles. The van der Waals surface area contributed by atoms with Gasteiger partial charge in [-0.25, -0.2) is 23.9 Å². The van der Waals surface area contributed by atoms with Crippen LogP contribution in [0.5, 0.6) is 0 Å². The number of amides is 2. The fourth-order valence-corrected chi connectivity index (χ4v) is 6.04. The van der Waals surface area contributed by atoms with Crippen LogP contribution in [0.1, 0.15) is 59.4 Å². The Morgan fingerprint density at radius 2 is 1.95 bits per heavy atom. The molecule has 5 rings (SSSR count). The van der Waals surface area contributed by atoms with Crippen LogP contribution in [0.2, 0.25) is 0 Å². The second kappa shape index (κ2) is 10.3. The molecule has 18 heteroatoms. The Labute approximate surface area is 235 Å². The fraction of sp³-hybridized carbons (Fsp3) is 0.739. The lowest BCUT2D eigenvalue weighted by Crippen LogP contribution is -2.49. The van der Waals surface area contributed by atoms with E-state index >= 15 is 0 Å². The molecule has 17 nitrogen and oxygen atoms in total.